The summed E-state index contributed by atoms with van der Waals surface area (Å²) in [4.78, 5) is 59.0. The first-order valence-electron chi connectivity index (χ1n) is 45.4. The summed E-state index contributed by atoms with van der Waals surface area (Å²) >= 11 is 0. The monoisotopic (exact) mass is 1670 g/mol. The number of allylic oxidation sites excluding steroid dienone is 34. The van der Waals surface area contributed by atoms with Crippen LogP contribution < -0.4 is 0 Å². The van der Waals surface area contributed by atoms with Gasteiger partial charge in [0, 0.05) is 19.3 Å². The summed E-state index contributed by atoms with van der Waals surface area (Å²) in [6.45, 7) is 2.32. The lowest BCUT2D eigenvalue weighted by Gasteiger charge is -2.21. The molecular formula is C99H162O16P2. The number of ether oxygens (including phenoxy) is 3. The maximum absolute atomic E-state index is 13.1. The van der Waals surface area contributed by atoms with Gasteiger partial charge in [0.2, 0.25) is 0 Å². The maximum atomic E-state index is 13.1. The number of esters is 3. The van der Waals surface area contributed by atoms with E-state index < -0.39 is 91.5 Å². The molecule has 0 saturated carbocycles. The molecular weight excluding hydrogens is 1510 g/mol. The van der Waals surface area contributed by atoms with E-state index in [1.54, 1.807) is 0 Å². The lowest BCUT2D eigenvalue weighted by Crippen LogP contribution is -2.30. The van der Waals surface area contributed by atoms with Crippen LogP contribution in [0.25, 0.3) is 0 Å². The van der Waals surface area contributed by atoms with Crippen LogP contribution in [-0.4, -0.2) is 95.9 Å². The maximum Gasteiger partial charge on any atom is 0.472 e. The largest absolute Gasteiger partial charge is 0.472 e. The molecule has 664 valence electrons. The van der Waals surface area contributed by atoms with Crippen LogP contribution in [0.4, 0.5) is 0 Å². The molecule has 0 aromatic rings. The van der Waals surface area contributed by atoms with Gasteiger partial charge in [-0.15, -0.1) is 0 Å². The molecule has 0 saturated heterocycles. The summed E-state index contributed by atoms with van der Waals surface area (Å²) in [7, 11) is -9.83. The number of hydrogen-bond acceptors (Lipinski definition) is 14. The fraction of sp³-hybridized carbons (Fsp3) is 0.626. The molecule has 4 N–H and O–H groups in total. The van der Waals surface area contributed by atoms with Crippen molar-refractivity contribution in [2.24, 2.45) is 0 Å². The van der Waals surface area contributed by atoms with E-state index in [-0.39, 0.29) is 19.3 Å². The average molecular weight is 1670 g/mol. The Morgan fingerprint density at radius 1 is 0.239 bits per heavy atom. The summed E-state index contributed by atoms with van der Waals surface area (Å²) in [5.74, 6) is -1.61. The van der Waals surface area contributed by atoms with E-state index in [1.165, 1.54) is 83.5 Å². The number of hydrogen-bond donors (Lipinski definition) is 4. The number of unbranched alkanes of at least 4 members (excludes halogenated alkanes) is 27. The minimum atomic E-state index is -4.96. The second-order valence-corrected chi connectivity index (χ2v) is 32.5. The van der Waals surface area contributed by atoms with Gasteiger partial charge >= 0.3 is 33.6 Å². The van der Waals surface area contributed by atoms with E-state index in [4.69, 9.17) is 32.3 Å². The minimum Gasteiger partial charge on any atom is -0.463 e. The highest BCUT2D eigenvalue weighted by Gasteiger charge is 2.29. The molecule has 18 heteroatoms. The number of aliphatic hydroxyl groups excluding tert-OH is 2. The fourth-order valence-corrected chi connectivity index (χ4v) is 13.3. The van der Waals surface area contributed by atoms with Gasteiger partial charge in [-0.3, -0.25) is 32.5 Å². The number of carbonyl (C=O) groups is 3. The second kappa shape index (κ2) is 89.4. The van der Waals surface area contributed by atoms with Crippen molar-refractivity contribution in [1.29, 1.82) is 0 Å². The summed E-state index contributed by atoms with van der Waals surface area (Å²) in [5, 5.41) is 20.7. The molecule has 0 bridgehead atoms. The van der Waals surface area contributed by atoms with E-state index in [0.29, 0.717) is 19.3 Å². The molecule has 0 amide bonds. The Kier molecular flexibility index (Phi) is 84.9. The van der Waals surface area contributed by atoms with Crippen molar-refractivity contribution in [2.75, 3.05) is 39.6 Å². The van der Waals surface area contributed by atoms with Crippen LogP contribution in [0.3, 0.4) is 0 Å². The van der Waals surface area contributed by atoms with E-state index in [2.05, 4.69) is 227 Å². The van der Waals surface area contributed by atoms with Gasteiger partial charge in [0.05, 0.1) is 26.4 Å². The van der Waals surface area contributed by atoms with E-state index in [9.17, 15) is 43.5 Å². The number of phosphoric ester groups is 2. The Balaban J connectivity index is 4.69. The van der Waals surface area contributed by atoms with Crippen LogP contribution in [0.1, 0.15) is 342 Å². The molecule has 117 heavy (non-hydrogen) atoms. The van der Waals surface area contributed by atoms with Gasteiger partial charge < -0.3 is 34.2 Å². The van der Waals surface area contributed by atoms with Gasteiger partial charge in [0.25, 0.3) is 0 Å². The predicted molar refractivity (Wildman–Crippen MR) is 491 cm³/mol. The van der Waals surface area contributed by atoms with Crippen molar-refractivity contribution in [3.05, 3.63) is 207 Å². The molecule has 16 nitrogen and oxygen atoms in total. The van der Waals surface area contributed by atoms with Crippen LogP contribution in [0.5, 0.6) is 0 Å². The van der Waals surface area contributed by atoms with Gasteiger partial charge in [-0.25, -0.2) is 9.13 Å². The van der Waals surface area contributed by atoms with Gasteiger partial charge in [-0.1, -0.05) is 362 Å². The van der Waals surface area contributed by atoms with Gasteiger partial charge in [-0.05, 0) is 167 Å². The van der Waals surface area contributed by atoms with Crippen molar-refractivity contribution < 1.29 is 75.8 Å². The highest BCUT2D eigenvalue weighted by atomic mass is 31.2. The SMILES string of the molecule is CC/C=C\C/C=C\C/C=C\C/C=C\C/C=C\C/C=C\CCCCCCCCCCCCC(=O)OCC(O)COP(=O)(O)OCC(O)COP(=O)(O)OCC(COC(=O)CCCCCCCCCCCCCCC/C=C\C/C=C\C/C=C\C/C=C\C/C=C\CC)OC(=O)CCCCCC/C=C\C/C=C\C/C=C\C/C=C\C/C=C\C/C=C\CC. The molecule has 0 heterocycles. The molecule has 5 unspecified atom stereocenters. The molecule has 0 aromatic heterocycles. The summed E-state index contributed by atoms with van der Waals surface area (Å²) in [5.41, 5.74) is 0. The zero-order valence-corrected chi connectivity index (χ0v) is 74.8. The molecule has 0 aromatic carbocycles. The highest BCUT2D eigenvalue weighted by molar-refractivity contribution is 7.47. The van der Waals surface area contributed by atoms with Crippen molar-refractivity contribution in [2.45, 2.75) is 360 Å². The Hall–Kier alpha value is -5.87. The molecule has 0 aliphatic rings. The van der Waals surface area contributed by atoms with Gasteiger partial charge in [0.15, 0.2) is 6.10 Å². The average Bonchev–Trinajstić information content (AvgIpc) is 0.904. The van der Waals surface area contributed by atoms with Crippen LogP contribution in [0, 0.1) is 0 Å². The Morgan fingerprint density at radius 3 is 0.675 bits per heavy atom. The highest BCUT2D eigenvalue weighted by Crippen LogP contribution is 2.45. The van der Waals surface area contributed by atoms with Crippen LogP contribution in [0.15, 0.2) is 207 Å². The van der Waals surface area contributed by atoms with Gasteiger partial charge in [-0.2, -0.15) is 0 Å². The number of rotatable bonds is 84. The number of phosphoric acid groups is 2. The third-order valence-electron chi connectivity index (χ3n) is 18.5. The van der Waals surface area contributed by atoms with Crippen LogP contribution >= 0.6 is 15.6 Å². The first-order valence-corrected chi connectivity index (χ1v) is 48.4. The molecule has 0 fully saturated rings. The number of aliphatic hydroxyl groups is 2. The molecule has 0 aliphatic heterocycles. The summed E-state index contributed by atoms with van der Waals surface area (Å²) in [6, 6.07) is 0. The van der Waals surface area contributed by atoms with Gasteiger partial charge in [0.1, 0.15) is 25.4 Å². The molecule has 0 radical (unpaired) electrons. The third kappa shape index (κ3) is 90.7. The standard InChI is InChI=1S/C99H162O16P2/c1-4-7-10-13-16-19-22-25-28-31-34-37-40-42-44-46-48-50-53-55-58-61-64-67-70-73-76-79-82-85-97(102)109-88-94(100)89-111-116(105,106)112-90-95(101)91-113-117(107,108)114-93-96(115-99(104)87-84-81-78-75-72-69-66-63-60-57-52-39-36-33-30-27-24-21-18-15-12-9-6-3)92-110-98(103)86-83-80-77-74-71-68-65-62-59-56-54-51-49-47-45-43-41-38-35-32-29-26-23-20-17-14-11-8-5-2/h7-12,16-21,25-30,34-39,42-45,48,50,57,60,66,69,94-96,100-101H,4-6,13-15,22-24,31-33,40-41,46-47,49,51-56,58-59,61-65,67-68,70-93H2,1-3H3,(H,105,106)(H,107,108)/b10-7-,11-8-,12-9-,19-16-,20-17-,21-18-,28-25-,29-26-,30-27-,37-34-,38-35-,39-36-,44-42-,45-43-,50-48-,60-57-,69-66-. The second-order valence-electron chi connectivity index (χ2n) is 29.6. The molecule has 0 spiro atoms. The predicted octanol–water partition coefficient (Wildman–Crippen LogP) is 28.0. The Morgan fingerprint density at radius 2 is 0.427 bits per heavy atom. The Labute approximate surface area is 711 Å². The zero-order chi connectivity index (χ0) is 85.1. The van der Waals surface area contributed by atoms with Crippen LogP contribution in [0.2, 0.25) is 0 Å². The topological polar surface area (TPSA) is 231 Å². The van der Waals surface area contributed by atoms with E-state index in [0.717, 1.165) is 199 Å². The Bertz CT molecular complexity index is 2960. The first kappa shape index (κ1) is 111. The van der Waals surface area contributed by atoms with Crippen molar-refractivity contribution >= 4 is 33.6 Å². The van der Waals surface area contributed by atoms with Crippen molar-refractivity contribution in [3.8, 4) is 0 Å². The molecule has 0 rings (SSSR count). The number of carbonyl (C=O) groups excluding carboxylic acids is 3. The third-order valence-corrected chi connectivity index (χ3v) is 20.4. The van der Waals surface area contributed by atoms with E-state index in [1.807, 2.05) is 0 Å². The van der Waals surface area contributed by atoms with Crippen LogP contribution in [-0.2, 0) is 55.8 Å². The lowest BCUT2D eigenvalue weighted by atomic mass is 10.0. The van der Waals surface area contributed by atoms with E-state index >= 15 is 0 Å². The lowest BCUT2D eigenvalue weighted by molar-refractivity contribution is -0.161. The molecule has 0 aliphatic carbocycles. The molecule has 5 atom stereocenters. The first-order chi connectivity index (χ1) is 57.2. The summed E-state index contributed by atoms with van der Waals surface area (Å²) < 4.78 is 61.4. The quantitative estimate of drug-likeness (QED) is 0.0146. The fourth-order valence-electron chi connectivity index (χ4n) is 11.7. The summed E-state index contributed by atoms with van der Waals surface area (Å²) in [6.07, 6.45) is 120. The zero-order valence-electron chi connectivity index (χ0n) is 73.0. The minimum absolute atomic E-state index is 0.0674. The normalized spacial score (nSPS) is 14.8. The van der Waals surface area contributed by atoms with Crippen molar-refractivity contribution in [1.82, 2.24) is 0 Å². The van der Waals surface area contributed by atoms with Crippen molar-refractivity contribution in [3.63, 3.8) is 0 Å². The smallest absolute Gasteiger partial charge is 0.463 e.